The summed E-state index contributed by atoms with van der Waals surface area (Å²) in [7, 11) is 0. The van der Waals surface area contributed by atoms with Gasteiger partial charge in [-0.15, -0.1) is 0 Å². The molecule has 2 N–H and O–H groups in total. The first-order chi connectivity index (χ1) is 14.1. The van der Waals surface area contributed by atoms with E-state index >= 15 is 0 Å². The lowest BCUT2D eigenvalue weighted by molar-refractivity contribution is -0.135. The lowest BCUT2D eigenvalue weighted by atomic mass is 9.95. The van der Waals surface area contributed by atoms with E-state index in [1.165, 1.54) is 16.6 Å². The molecule has 0 spiro atoms. The van der Waals surface area contributed by atoms with Gasteiger partial charge in [-0.1, -0.05) is 56.7 Å². The lowest BCUT2D eigenvalue weighted by Gasteiger charge is -2.33. The maximum Gasteiger partial charge on any atom is 0.251 e. The molecule has 1 aliphatic rings. The van der Waals surface area contributed by atoms with Gasteiger partial charge < -0.3 is 15.2 Å². The van der Waals surface area contributed by atoms with Crippen LogP contribution in [0.3, 0.4) is 0 Å². The van der Waals surface area contributed by atoms with Crippen molar-refractivity contribution in [1.82, 2.24) is 15.2 Å². The number of aromatic amines is 1. The minimum absolute atomic E-state index is 0.000405. The van der Waals surface area contributed by atoms with Crippen molar-refractivity contribution in [3.8, 4) is 0 Å². The molecule has 0 aliphatic carbocycles. The van der Waals surface area contributed by atoms with Gasteiger partial charge in [-0.2, -0.15) is 0 Å². The zero-order valence-electron chi connectivity index (χ0n) is 16.9. The Kier molecular flexibility index (Phi) is 5.38. The van der Waals surface area contributed by atoms with E-state index in [9.17, 15) is 9.59 Å². The summed E-state index contributed by atoms with van der Waals surface area (Å²) in [5.74, 6) is -0.145. The van der Waals surface area contributed by atoms with Crippen molar-refractivity contribution < 1.29 is 9.59 Å². The minimum Gasteiger partial charge on any atom is -0.358 e. The number of hydrogen-bond acceptors (Lipinski definition) is 2. The molecule has 29 heavy (non-hydrogen) atoms. The third-order valence-corrected chi connectivity index (χ3v) is 6.00. The number of carbonyl (C=O) groups excluding carboxylic acids is 2. The second-order valence-corrected chi connectivity index (χ2v) is 7.84. The molecule has 0 bridgehead atoms. The average molecular weight is 389 g/mol. The highest BCUT2D eigenvalue weighted by atomic mass is 16.2. The number of hydrogen-bond donors (Lipinski definition) is 2. The lowest BCUT2D eigenvalue weighted by Crippen LogP contribution is -2.52. The second kappa shape index (κ2) is 8.11. The molecular formula is C24H27N3O2. The Morgan fingerprint density at radius 2 is 1.83 bits per heavy atom. The molecule has 2 atom stereocenters. The smallest absolute Gasteiger partial charge is 0.251 e. The van der Waals surface area contributed by atoms with Crippen LogP contribution in [0.25, 0.3) is 10.9 Å². The molecule has 3 aromatic rings. The number of amides is 2. The van der Waals surface area contributed by atoms with Gasteiger partial charge in [-0.25, -0.2) is 0 Å². The van der Waals surface area contributed by atoms with Crippen LogP contribution in [0.5, 0.6) is 0 Å². The number of H-pyrrole nitrogens is 1. The van der Waals surface area contributed by atoms with E-state index in [1.54, 1.807) is 12.1 Å². The monoisotopic (exact) mass is 389 g/mol. The summed E-state index contributed by atoms with van der Waals surface area (Å²) in [6.45, 7) is 5.31. The molecule has 2 amide bonds. The summed E-state index contributed by atoms with van der Waals surface area (Å²) >= 11 is 0. The number of para-hydroxylation sites is 1. The van der Waals surface area contributed by atoms with Gasteiger partial charge in [-0.05, 0) is 24.1 Å². The Morgan fingerprint density at radius 1 is 1.10 bits per heavy atom. The van der Waals surface area contributed by atoms with Crippen LogP contribution >= 0.6 is 0 Å². The Hall–Kier alpha value is -3.08. The van der Waals surface area contributed by atoms with Crippen molar-refractivity contribution in [3.05, 3.63) is 71.4 Å². The number of aromatic nitrogens is 1. The number of nitrogens with one attached hydrogen (secondary N) is 2. The van der Waals surface area contributed by atoms with Crippen LogP contribution in [0, 0.1) is 5.92 Å². The molecule has 4 rings (SSSR count). The molecule has 1 aromatic heterocycles. The van der Waals surface area contributed by atoms with Crippen LogP contribution in [-0.4, -0.2) is 34.3 Å². The van der Waals surface area contributed by atoms with Gasteiger partial charge in [0.05, 0.1) is 0 Å². The summed E-state index contributed by atoms with van der Waals surface area (Å²) < 4.78 is 0. The van der Waals surface area contributed by atoms with Crippen molar-refractivity contribution in [2.45, 2.75) is 39.3 Å². The Bertz CT molecular complexity index is 1030. The van der Waals surface area contributed by atoms with Crippen LogP contribution in [0.1, 0.15) is 41.9 Å². The second-order valence-electron chi connectivity index (χ2n) is 7.84. The standard InChI is InChI=1S/C24H27N3O2/c1-3-16(2)22(26-23(28)17-9-5-4-6-10-17)24(29)27-14-13-21-19(15-27)18-11-7-8-12-20(18)25-21/h4-12,16,22,25H,3,13-15H2,1-2H3,(H,26,28)/t16-,22-/m1/s1. The predicted molar refractivity (Wildman–Crippen MR) is 115 cm³/mol. The maximum atomic E-state index is 13.4. The van der Waals surface area contributed by atoms with Crippen LogP contribution in [0.4, 0.5) is 0 Å². The molecular weight excluding hydrogens is 362 g/mol. The Labute approximate surface area is 171 Å². The molecule has 0 radical (unpaired) electrons. The molecule has 0 fully saturated rings. The van der Waals surface area contributed by atoms with Gasteiger partial charge in [-0.3, -0.25) is 9.59 Å². The molecule has 2 aromatic carbocycles. The van der Waals surface area contributed by atoms with Crippen LogP contribution < -0.4 is 5.32 Å². The molecule has 0 saturated carbocycles. The number of rotatable bonds is 5. The van der Waals surface area contributed by atoms with E-state index in [0.29, 0.717) is 18.7 Å². The summed E-state index contributed by atoms with van der Waals surface area (Å²) in [4.78, 5) is 31.5. The van der Waals surface area contributed by atoms with Gasteiger partial charge in [0.15, 0.2) is 0 Å². The van der Waals surface area contributed by atoms with Crippen molar-refractivity contribution in [1.29, 1.82) is 0 Å². The fourth-order valence-corrected chi connectivity index (χ4v) is 4.05. The van der Waals surface area contributed by atoms with Gasteiger partial charge >= 0.3 is 0 Å². The molecule has 1 aliphatic heterocycles. The van der Waals surface area contributed by atoms with Crippen molar-refractivity contribution in [2.75, 3.05) is 6.54 Å². The largest absolute Gasteiger partial charge is 0.358 e. The van der Waals surface area contributed by atoms with Crippen molar-refractivity contribution >= 4 is 22.7 Å². The van der Waals surface area contributed by atoms with Gasteiger partial charge in [0.1, 0.15) is 6.04 Å². The third-order valence-electron chi connectivity index (χ3n) is 6.00. The van der Waals surface area contributed by atoms with E-state index in [1.807, 2.05) is 49.1 Å². The fraction of sp³-hybridized carbons (Fsp3) is 0.333. The fourth-order valence-electron chi connectivity index (χ4n) is 4.05. The van der Waals surface area contributed by atoms with Crippen molar-refractivity contribution in [3.63, 3.8) is 0 Å². The molecule has 150 valence electrons. The minimum atomic E-state index is -0.528. The molecule has 2 heterocycles. The van der Waals surface area contributed by atoms with Gasteiger partial charge in [0.25, 0.3) is 5.91 Å². The zero-order valence-corrected chi connectivity index (χ0v) is 16.9. The first-order valence-corrected chi connectivity index (χ1v) is 10.3. The highest BCUT2D eigenvalue weighted by molar-refractivity contribution is 5.97. The number of carbonyl (C=O) groups is 2. The van der Waals surface area contributed by atoms with Gasteiger partial charge in [0.2, 0.25) is 5.91 Å². The third kappa shape index (κ3) is 3.77. The quantitative estimate of drug-likeness (QED) is 0.695. The van der Waals surface area contributed by atoms with Crippen LogP contribution in [0.15, 0.2) is 54.6 Å². The first kappa shape index (κ1) is 19.2. The van der Waals surface area contributed by atoms with E-state index in [-0.39, 0.29) is 17.7 Å². The van der Waals surface area contributed by atoms with Crippen LogP contribution in [0.2, 0.25) is 0 Å². The van der Waals surface area contributed by atoms with E-state index in [4.69, 9.17) is 0 Å². The molecule has 0 saturated heterocycles. The van der Waals surface area contributed by atoms with E-state index < -0.39 is 6.04 Å². The maximum absolute atomic E-state index is 13.4. The molecule has 5 nitrogen and oxygen atoms in total. The number of fused-ring (bicyclic) bond motifs is 3. The number of benzene rings is 2. The first-order valence-electron chi connectivity index (χ1n) is 10.3. The van der Waals surface area contributed by atoms with E-state index in [0.717, 1.165) is 18.4 Å². The predicted octanol–water partition coefficient (Wildman–Crippen LogP) is 3.90. The summed E-state index contributed by atoms with van der Waals surface area (Å²) in [6.07, 6.45) is 1.62. The Balaban J connectivity index is 1.56. The Morgan fingerprint density at radius 3 is 2.59 bits per heavy atom. The van der Waals surface area contributed by atoms with Crippen LogP contribution in [-0.2, 0) is 17.8 Å². The zero-order chi connectivity index (χ0) is 20.4. The summed E-state index contributed by atoms with van der Waals surface area (Å²) in [5.41, 5.74) is 4.09. The molecule has 0 unspecified atom stereocenters. The van der Waals surface area contributed by atoms with E-state index in [2.05, 4.69) is 22.4 Å². The average Bonchev–Trinajstić information content (AvgIpc) is 3.14. The summed E-state index contributed by atoms with van der Waals surface area (Å²) in [6, 6.07) is 16.8. The highest BCUT2D eigenvalue weighted by Crippen LogP contribution is 2.28. The number of nitrogens with zero attached hydrogens (tertiary/aromatic N) is 1. The van der Waals surface area contributed by atoms with Crippen molar-refractivity contribution in [2.24, 2.45) is 5.92 Å². The highest BCUT2D eigenvalue weighted by Gasteiger charge is 2.32. The van der Waals surface area contributed by atoms with Gasteiger partial charge in [0, 0.05) is 47.2 Å². The summed E-state index contributed by atoms with van der Waals surface area (Å²) in [5, 5.41) is 4.17. The topological polar surface area (TPSA) is 65.2 Å². The SMILES string of the molecule is CC[C@@H](C)[C@@H](NC(=O)c1ccccc1)C(=O)N1CCc2[nH]c3ccccc3c2C1. The normalized spacial score (nSPS) is 15.6. The molecule has 5 heteroatoms.